The second-order valence-corrected chi connectivity index (χ2v) is 7.43. The summed E-state index contributed by atoms with van der Waals surface area (Å²) in [5.74, 6) is -0.198. The van der Waals surface area contributed by atoms with Gasteiger partial charge in [0.25, 0.3) is 5.56 Å². The van der Waals surface area contributed by atoms with Crippen LogP contribution in [0.2, 0.25) is 0 Å². The van der Waals surface area contributed by atoms with Gasteiger partial charge in [-0.15, -0.1) is 0 Å². The molecule has 1 unspecified atom stereocenters. The average molecular weight is 385 g/mol. The number of aromatic nitrogens is 4. The van der Waals surface area contributed by atoms with Gasteiger partial charge in [-0.1, -0.05) is 36.9 Å². The average Bonchev–Trinajstić information content (AvgIpc) is 3.16. The number of nitrogens with one attached hydrogen (secondary N) is 1. The van der Waals surface area contributed by atoms with E-state index in [4.69, 9.17) is 0 Å². The first-order valence-corrected chi connectivity index (χ1v) is 9.60. The Kier molecular flexibility index (Phi) is 5.55. The predicted octanol–water partition coefficient (Wildman–Crippen LogP) is 2.73. The number of aryl methyl sites for hydroxylation is 1. The smallest absolute Gasteiger partial charge is 0.295 e. The fourth-order valence-corrected chi connectivity index (χ4v) is 3.77. The van der Waals surface area contributed by atoms with Crippen LogP contribution in [0.3, 0.4) is 0 Å². The van der Waals surface area contributed by atoms with Gasteiger partial charge in [0.1, 0.15) is 5.69 Å². The van der Waals surface area contributed by atoms with Gasteiger partial charge in [-0.2, -0.15) is 0 Å². The van der Waals surface area contributed by atoms with Crippen molar-refractivity contribution < 1.29 is 4.79 Å². The Morgan fingerprint density at radius 2 is 1.96 bits per heavy atom. The van der Waals surface area contributed by atoms with Crippen molar-refractivity contribution in [1.82, 2.24) is 18.9 Å². The Hall–Kier alpha value is -2.74. The molecule has 1 amide bonds. The van der Waals surface area contributed by atoms with Crippen molar-refractivity contribution in [1.29, 1.82) is 0 Å². The molecule has 0 spiro atoms. The first kappa shape index (κ1) is 19.0. The molecular weight excluding hydrogens is 362 g/mol. The molecule has 3 aromatic rings. The number of carbonyl (C=O) groups is 1. The fraction of sp³-hybridized carbons (Fsp3) is 0.316. The lowest BCUT2D eigenvalue weighted by Gasteiger charge is -2.13. The van der Waals surface area contributed by atoms with E-state index in [0.717, 1.165) is 10.8 Å². The van der Waals surface area contributed by atoms with E-state index in [2.05, 4.69) is 10.3 Å². The van der Waals surface area contributed by atoms with E-state index in [1.165, 1.54) is 11.8 Å². The van der Waals surface area contributed by atoms with Crippen molar-refractivity contribution >= 4 is 23.4 Å². The van der Waals surface area contributed by atoms with Gasteiger partial charge in [0.05, 0.1) is 16.6 Å². The van der Waals surface area contributed by atoms with Crippen LogP contribution in [0.1, 0.15) is 19.0 Å². The van der Waals surface area contributed by atoms with Gasteiger partial charge in [0.15, 0.2) is 5.16 Å². The molecule has 8 heteroatoms. The van der Waals surface area contributed by atoms with Crippen molar-refractivity contribution in [3.05, 3.63) is 58.8 Å². The Balaban J connectivity index is 1.88. The molecule has 27 heavy (non-hydrogen) atoms. The van der Waals surface area contributed by atoms with Gasteiger partial charge in [0, 0.05) is 26.5 Å². The molecule has 0 aliphatic carbocycles. The second-order valence-electron chi connectivity index (χ2n) is 6.26. The van der Waals surface area contributed by atoms with E-state index in [1.807, 2.05) is 62.0 Å². The van der Waals surface area contributed by atoms with Crippen LogP contribution in [0.25, 0.3) is 5.69 Å². The Morgan fingerprint density at radius 1 is 1.26 bits per heavy atom. The largest absolute Gasteiger partial charge is 0.329 e. The molecule has 1 atom stereocenters. The summed E-state index contributed by atoms with van der Waals surface area (Å²) in [6.07, 6.45) is 4.17. The minimum Gasteiger partial charge on any atom is -0.329 e. The molecular formula is C19H23N5O2S. The van der Waals surface area contributed by atoms with E-state index in [9.17, 15) is 9.59 Å². The lowest BCUT2D eigenvalue weighted by atomic mass is 10.3. The van der Waals surface area contributed by atoms with Crippen molar-refractivity contribution in [3.8, 4) is 5.69 Å². The Morgan fingerprint density at radius 3 is 2.56 bits per heavy atom. The molecule has 142 valence electrons. The van der Waals surface area contributed by atoms with E-state index in [0.29, 0.717) is 17.8 Å². The normalized spacial score (nSPS) is 12.1. The minimum atomic E-state index is -0.338. The standard InChI is InChI=1S/C19H23N5O2S/c1-5-15(27-19-20-11-12-22(19)3)17(25)21-16-13(2)23(4)24(18(16)26)14-9-7-6-8-10-14/h6-12,15H,5H2,1-4H3,(H,21,25). The number of hydrogen-bond donors (Lipinski definition) is 1. The summed E-state index contributed by atoms with van der Waals surface area (Å²) in [6.45, 7) is 3.77. The Bertz CT molecular complexity index is 1000. The van der Waals surface area contributed by atoms with E-state index in [-0.39, 0.29) is 16.7 Å². The number of hydrogen-bond acceptors (Lipinski definition) is 4. The quantitative estimate of drug-likeness (QED) is 0.662. The molecule has 0 bridgehead atoms. The number of para-hydroxylation sites is 1. The summed E-state index contributed by atoms with van der Waals surface area (Å²) in [5.41, 5.74) is 1.52. The van der Waals surface area contributed by atoms with Crippen molar-refractivity contribution in [2.75, 3.05) is 5.32 Å². The third-order valence-corrected chi connectivity index (χ3v) is 5.93. The maximum absolute atomic E-state index is 12.9. The van der Waals surface area contributed by atoms with Crippen LogP contribution in [0.15, 0.2) is 52.7 Å². The highest BCUT2D eigenvalue weighted by Gasteiger charge is 2.24. The maximum atomic E-state index is 12.9. The van der Waals surface area contributed by atoms with E-state index >= 15 is 0 Å². The molecule has 7 nitrogen and oxygen atoms in total. The van der Waals surface area contributed by atoms with Gasteiger partial charge < -0.3 is 9.88 Å². The molecule has 0 saturated carbocycles. The molecule has 0 aliphatic heterocycles. The third-order valence-electron chi connectivity index (χ3n) is 4.49. The van der Waals surface area contributed by atoms with Crippen molar-refractivity contribution in [2.45, 2.75) is 30.7 Å². The third kappa shape index (κ3) is 3.71. The number of anilines is 1. The van der Waals surface area contributed by atoms with Crippen LogP contribution in [-0.2, 0) is 18.9 Å². The number of thioether (sulfide) groups is 1. The predicted molar refractivity (Wildman–Crippen MR) is 108 cm³/mol. The zero-order valence-corrected chi connectivity index (χ0v) is 16.7. The van der Waals surface area contributed by atoms with Gasteiger partial charge in [-0.05, 0) is 25.5 Å². The molecule has 3 rings (SSSR count). The van der Waals surface area contributed by atoms with Crippen molar-refractivity contribution in [2.24, 2.45) is 14.1 Å². The molecule has 0 saturated heterocycles. The summed E-state index contributed by atoms with van der Waals surface area (Å²) in [5, 5.41) is 3.27. The van der Waals surface area contributed by atoms with Crippen LogP contribution in [-0.4, -0.2) is 30.1 Å². The van der Waals surface area contributed by atoms with Crippen LogP contribution in [0, 0.1) is 6.92 Å². The van der Waals surface area contributed by atoms with Gasteiger partial charge in [0.2, 0.25) is 5.91 Å². The fourth-order valence-electron chi connectivity index (χ4n) is 2.83. The van der Waals surface area contributed by atoms with Crippen LogP contribution < -0.4 is 10.9 Å². The molecule has 2 heterocycles. The maximum Gasteiger partial charge on any atom is 0.295 e. The first-order valence-electron chi connectivity index (χ1n) is 8.72. The number of amides is 1. The summed E-state index contributed by atoms with van der Waals surface area (Å²) in [7, 11) is 3.69. The summed E-state index contributed by atoms with van der Waals surface area (Å²) >= 11 is 1.39. The molecule has 1 N–H and O–H groups in total. The lowest BCUT2D eigenvalue weighted by Crippen LogP contribution is -2.28. The second kappa shape index (κ2) is 7.87. The SMILES string of the molecule is CCC(Sc1nccn1C)C(=O)Nc1c(C)n(C)n(-c2ccccc2)c1=O. The summed E-state index contributed by atoms with van der Waals surface area (Å²) < 4.78 is 5.18. The highest BCUT2D eigenvalue weighted by Crippen LogP contribution is 2.25. The molecule has 2 aromatic heterocycles. The van der Waals surface area contributed by atoms with E-state index < -0.39 is 0 Å². The van der Waals surface area contributed by atoms with Crippen molar-refractivity contribution in [3.63, 3.8) is 0 Å². The lowest BCUT2D eigenvalue weighted by molar-refractivity contribution is -0.115. The van der Waals surface area contributed by atoms with Gasteiger partial charge in [-0.25, -0.2) is 9.67 Å². The Labute approximate surface area is 162 Å². The molecule has 0 aliphatic rings. The number of nitrogens with zero attached hydrogens (tertiary/aromatic N) is 4. The highest BCUT2D eigenvalue weighted by molar-refractivity contribution is 8.00. The van der Waals surface area contributed by atoms with Crippen LogP contribution in [0.4, 0.5) is 5.69 Å². The monoisotopic (exact) mass is 385 g/mol. The first-order chi connectivity index (χ1) is 12.9. The number of imidazole rings is 1. The number of carbonyl (C=O) groups excluding carboxylic acids is 1. The van der Waals surface area contributed by atoms with Gasteiger partial charge >= 0.3 is 0 Å². The van der Waals surface area contributed by atoms with Gasteiger partial charge in [-0.3, -0.25) is 14.3 Å². The molecule has 0 fully saturated rings. The summed E-state index contributed by atoms with van der Waals surface area (Å²) in [4.78, 5) is 30.0. The van der Waals surface area contributed by atoms with E-state index in [1.54, 1.807) is 22.6 Å². The molecule has 1 aromatic carbocycles. The zero-order valence-electron chi connectivity index (χ0n) is 15.8. The number of benzene rings is 1. The van der Waals surface area contributed by atoms with Crippen LogP contribution in [0.5, 0.6) is 0 Å². The zero-order chi connectivity index (χ0) is 19.6. The highest BCUT2D eigenvalue weighted by atomic mass is 32.2. The summed E-state index contributed by atoms with van der Waals surface area (Å²) in [6, 6.07) is 9.36. The van der Waals surface area contributed by atoms with Crippen LogP contribution >= 0.6 is 11.8 Å². The molecule has 0 radical (unpaired) electrons. The topological polar surface area (TPSA) is 73.8 Å². The minimum absolute atomic E-state index is 0.198. The number of rotatable bonds is 6.